The van der Waals surface area contributed by atoms with Crippen molar-refractivity contribution in [1.82, 2.24) is 15.6 Å². The third kappa shape index (κ3) is 6.61. The van der Waals surface area contributed by atoms with Crippen molar-refractivity contribution >= 4 is 17.6 Å². The Morgan fingerprint density at radius 3 is 2.50 bits per heavy atom. The van der Waals surface area contributed by atoms with Crippen molar-refractivity contribution in [3.8, 4) is 6.07 Å². The summed E-state index contributed by atoms with van der Waals surface area (Å²) in [6, 6.07) is 14.9. The number of aromatic nitrogens is 1. The number of carbonyl (C=O) groups is 2. The van der Waals surface area contributed by atoms with Crippen LogP contribution in [-0.2, 0) is 16.0 Å². The van der Waals surface area contributed by atoms with Gasteiger partial charge in [0.25, 0.3) is 0 Å². The predicted molar refractivity (Wildman–Crippen MR) is 98.2 cm³/mol. The van der Waals surface area contributed by atoms with Gasteiger partial charge in [-0.1, -0.05) is 30.3 Å². The average Bonchev–Trinajstić information content (AvgIpc) is 2.66. The molecule has 0 fully saturated rings. The Balaban J connectivity index is 1.58. The summed E-state index contributed by atoms with van der Waals surface area (Å²) in [7, 11) is 0. The largest absolute Gasteiger partial charge is 0.367 e. The van der Waals surface area contributed by atoms with Gasteiger partial charge >= 0.3 is 0 Å². The second-order valence-electron chi connectivity index (χ2n) is 5.55. The van der Waals surface area contributed by atoms with Crippen molar-refractivity contribution < 1.29 is 9.59 Å². The molecule has 0 atom stereocenters. The van der Waals surface area contributed by atoms with Gasteiger partial charge in [-0.25, -0.2) is 4.98 Å². The van der Waals surface area contributed by atoms with Crippen molar-refractivity contribution in [2.75, 3.05) is 25.0 Å². The van der Waals surface area contributed by atoms with Crippen LogP contribution in [0.25, 0.3) is 0 Å². The fourth-order valence-electron chi connectivity index (χ4n) is 2.27. The molecule has 0 unspecified atom stereocenters. The summed E-state index contributed by atoms with van der Waals surface area (Å²) in [4.78, 5) is 27.6. The minimum atomic E-state index is -0.145. The standard InChI is InChI=1S/C19H21N5O2/c20-14-16-7-4-9-23-19(16)24-12-11-22-17(25)8-10-21-18(26)13-15-5-2-1-3-6-15/h1-7,9H,8,10-13H2,(H,21,26)(H,22,25)(H,23,24). The molecule has 2 rings (SSSR count). The Bertz CT molecular complexity index is 771. The molecular formula is C19H21N5O2. The summed E-state index contributed by atoms with van der Waals surface area (Å²) in [6.45, 7) is 1.15. The van der Waals surface area contributed by atoms with Gasteiger partial charge in [0.15, 0.2) is 0 Å². The third-order valence-electron chi connectivity index (χ3n) is 3.55. The molecule has 1 aromatic carbocycles. The zero-order chi connectivity index (χ0) is 18.6. The lowest BCUT2D eigenvalue weighted by Gasteiger charge is -2.09. The van der Waals surface area contributed by atoms with E-state index < -0.39 is 0 Å². The summed E-state index contributed by atoms with van der Waals surface area (Å²) in [5.74, 6) is 0.246. The van der Waals surface area contributed by atoms with E-state index in [1.165, 1.54) is 0 Å². The molecule has 7 heteroatoms. The minimum absolute atomic E-state index is 0.107. The first kappa shape index (κ1) is 18.9. The van der Waals surface area contributed by atoms with Crippen molar-refractivity contribution in [2.24, 2.45) is 0 Å². The van der Waals surface area contributed by atoms with Crippen LogP contribution in [0.2, 0.25) is 0 Å². The SMILES string of the molecule is N#Cc1cccnc1NCCNC(=O)CCNC(=O)Cc1ccccc1. The first-order valence-electron chi connectivity index (χ1n) is 8.35. The highest BCUT2D eigenvalue weighted by Crippen LogP contribution is 2.08. The average molecular weight is 351 g/mol. The maximum atomic E-state index is 11.8. The quantitative estimate of drug-likeness (QED) is 0.589. The molecule has 2 aromatic rings. The van der Waals surface area contributed by atoms with Crippen molar-refractivity contribution in [1.29, 1.82) is 5.26 Å². The van der Waals surface area contributed by atoms with E-state index in [-0.39, 0.29) is 18.2 Å². The summed E-state index contributed by atoms with van der Waals surface area (Å²) in [6.07, 6.45) is 2.12. The van der Waals surface area contributed by atoms with Crippen LogP contribution in [0.15, 0.2) is 48.7 Å². The lowest BCUT2D eigenvalue weighted by molar-refractivity contribution is -0.121. The van der Waals surface area contributed by atoms with Crippen LogP contribution in [-0.4, -0.2) is 36.4 Å². The van der Waals surface area contributed by atoms with Crippen LogP contribution in [0.1, 0.15) is 17.5 Å². The first-order valence-corrected chi connectivity index (χ1v) is 8.35. The lowest BCUT2D eigenvalue weighted by Crippen LogP contribution is -2.33. The zero-order valence-corrected chi connectivity index (χ0v) is 14.4. The number of hydrogen-bond acceptors (Lipinski definition) is 5. The number of rotatable bonds is 9. The lowest BCUT2D eigenvalue weighted by atomic mass is 10.1. The van der Waals surface area contributed by atoms with Crippen molar-refractivity contribution in [3.63, 3.8) is 0 Å². The Labute approximate surface area is 152 Å². The molecule has 134 valence electrons. The number of amides is 2. The molecule has 0 aliphatic rings. The van der Waals surface area contributed by atoms with Crippen LogP contribution in [0.5, 0.6) is 0 Å². The summed E-state index contributed by atoms with van der Waals surface area (Å²) < 4.78 is 0. The number of pyridine rings is 1. The van der Waals surface area contributed by atoms with E-state index in [4.69, 9.17) is 5.26 Å². The molecule has 0 saturated carbocycles. The monoisotopic (exact) mass is 351 g/mol. The Morgan fingerprint density at radius 2 is 1.73 bits per heavy atom. The first-order chi connectivity index (χ1) is 12.7. The molecular weight excluding hydrogens is 330 g/mol. The molecule has 1 aromatic heterocycles. The molecule has 0 spiro atoms. The van der Waals surface area contributed by atoms with Gasteiger partial charge in [-0.2, -0.15) is 5.26 Å². The summed E-state index contributed by atoms with van der Waals surface area (Å²) >= 11 is 0. The fourth-order valence-corrected chi connectivity index (χ4v) is 2.27. The molecule has 0 bridgehead atoms. The molecule has 26 heavy (non-hydrogen) atoms. The van der Waals surface area contributed by atoms with E-state index in [1.807, 2.05) is 36.4 Å². The Kier molecular flexibility index (Phi) is 7.62. The van der Waals surface area contributed by atoms with E-state index >= 15 is 0 Å². The molecule has 0 radical (unpaired) electrons. The smallest absolute Gasteiger partial charge is 0.224 e. The van der Waals surface area contributed by atoms with E-state index in [0.29, 0.717) is 37.4 Å². The molecule has 0 aliphatic carbocycles. The van der Waals surface area contributed by atoms with E-state index in [1.54, 1.807) is 18.3 Å². The van der Waals surface area contributed by atoms with E-state index in [9.17, 15) is 9.59 Å². The van der Waals surface area contributed by atoms with Gasteiger partial charge in [-0.15, -0.1) is 0 Å². The maximum absolute atomic E-state index is 11.8. The highest BCUT2D eigenvalue weighted by atomic mass is 16.2. The number of carbonyl (C=O) groups excluding carboxylic acids is 2. The van der Waals surface area contributed by atoms with Crippen LogP contribution in [0.4, 0.5) is 5.82 Å². The number of nitrogens with one attached hydrogen (secondary N) is 3. The minimum Gasteiger partial charge on any atom is -0.367 e. The zero-order valence-electron chi connectivity index (χ0n) is 14.4. The molecule has 7 nitrogen and oxygen atoms in total. The molecule has 2 amide bonds. The number of hydrogen-bond donors (Lipinski definition) is 3. The molecule has 1 heterocycles. The van der Waals surface area contributed by atoms with Gasteiger partial charge in [0.2, 0.25) is 11.8 Å². The third-order valence-corrected chi connectivity index (χ3v) is 3.55. The van der Waals surface area contributed by atoms with Gasteiger partial charge in [0.1, 0.15) is 11.9 Å². The number of benzene rings is 1. The Hall–Kier alpha value is -3.40. The highest BCUT2D eigenvalue weighted by molar-refractivity contribution is 5.80. The topological polar surface area (TPSA) is 107 Å². The number of anilines is 1. The van der Waals surface area contributed by atoms with Gasteiger partial charge in [0, 0.05) is 32.3 Å². The van der Waals surface area contributed by atoms with Gasteiger partial charge in [0.05, 0.1) is 12.0 Å². The van der Waals surface area contributed by atoms with Crippen LogP contribution in [0, 0.1) is 11.3 Å². The van der Waals surface area contributed by atoms with E-state index in [2.05, 4.69) is 20.9 Å². The van der Waals surface area contributed by atoms with Gasteiger partial charge < -0.3 is 16.0 Å². The summed E-state index contributed by atoms with van der Waals surface area (Å²) in [5.41, 5.74) is 1.40. The summed E-state index contributed by atoms with van der Waals surface area (Å²) in [5, 5.41) is 17.4. The van der Waals surface area contributed by atoms with E-state index in [0.717, 1.165) is 5.56 Å². The number of nitriles is 1. The molecule has 0 aliphatic heterocycles. The number of nitrogens with zero attached hydrogens (tertiary/aromatic N) is 2. The fraction of sp³-hybridized carbons (Fsp3) is 0.263. The van der Waals surface area contributed by atoms with Gasteiger partial charge in [-0.05, 0) is 17.7 Å². The maximum Gasteiger partial charge on any atom is 0.224 e. The second-order valence-corrected chi connectivity index (χ2v) is 5.55. The second kappa shape index (κ2) is 10.5. The molecule has 3 N–H and O–H groups in total. The van der Waals surface area contributed by atoms with Gasteiger partial charge in [-0.3, -0.25) is 9.59 Å². The normalized spacial score (nSPS) is 9.81. The molecule has 0 saturated heterocycles. The van der Waals surface area contributed by atoms with Crippen LogP contribution in [0.3, 0.4) is 0 Å². The predicted octanol–water partition coefficient (Wildman–Crippen LogP) is 1.23. The van der Waals surface area contributed by atoms with Crippen molar-refractivity contribution in [2.45, 2.75) is 12.8 Å². The Morgan fingerprint density at radius 1 is 0.962 bits per heavy atom. The van der Waals surface area contributed by atoms with Crippen molar-refractivity contribution in [3.05, 3.63) is 59.8 Å². The van der Waals surface area contributed by atoms with Crippen LogP contribution >= 0.6 is 0 Å². The highest BCUT2D eigenvalue weighted by Gasteiger charge is 2.05. The van der Waals surface area contributed by atoms with Crippen LogP contribution < -0.4 is 16.0 Å².